The minimum absolute atomic E-state index is 0.180. The number of fused-ring (bicyclic) bond motifs is 1. The average molecular weight is 505 g/mol. The molecule has 35 heavy (non-hydrogen) atoms. The van der Waals surface area contributed by atoms with Gasteiger partial charge in [-0.1, -0.05) is 74.2 Å². The fourth-order valence-corrected chi connectivity index (χ4v) is 6.52. The van der Waals surface area contributed by atoms with Crippen LogP contribution < -0.4 is 10.5 Å². The molecule has 0 unspecified atom stereocenters. The highest BCUT2D eigenvalue weighted by molar-refractivity contribution is 8.26. The van der Waals surface area contributed by atoms with Crippen molar-refractivity contribution in [1.82, 2.24) is 14.3 Å². The zero-order valence-electron chi connectivity index (χ0n) is 20.0. The molecule has 2 aliphatic heterocycles. The normalized spacial score (nSPS) is 22.9. The zero-order valence-corrected chi connectivity index (χ0v) is 21.7. The third-order valence-corrected chi connectivity index (χ3v) is 8.02. The first-order valence-electron chi connectivity index (χ1n) is 11.9. The Balaban J connectivity index is 1.59. The topological polar surface area (TPSA) is 57.9 Å². The van der Waals surface area contributed by atoms with Crippen molar-refractivity contribution in [3.05, 3.63) is 81.1 Å². The van der Waals surface area contributed by atoms with Crippen LogP contribution in [0.3, 0.4) is 0 Å². The van der Waals surface area contributed by atoms with E-state index in [0.29, 0.717) is 38.1 Å². The first kappa shape index (κ1) is 23.8. The van der Waals surface area contributed by atoms with Gasteiger partial charge in [-0.05, 0) is 49.0 Å². The van der Waals surface area contributed by atoms with Gasteiger partial charge in [0.05, 0.1) is 16.5 Å². The molecule has 3 aromatic rings. The van der Waals surface area contributed by atoms with E-state index in [2.05, 4.69) is 18.7 Å². The van der Waals surface area contributed by atoms with E-state index in [4.69, 9.17) is 17.2 Å². The van der Waals surface area contributed by atoms with Crippen molar-refractivity contribution < 1.29 is 4.79 Å². The van der Waals surface area contributed by atoms with Crippen LogP contribution in [0.2, 0.25) is 0 Å². The van der Waals surface area contributed by atoms with Crippen molar-refractivity contribution in [2.24, 2.45) is 11.8 Å². The largest absolute Gasteiger partial charge is 0.355 e. The SMILES string of the molecule is C[C@@H]1C[C@@H](C)CN(c2nc3ccccn3c(=O)c2/C=C2\SC(=S)N([C@H](C)c3ccccc3)C2=O)C1. The summed E-state index contributed by atoms with van der Waals surface area (Å²) in [5.41, 5.74) is 1.86. The van der Waals surface area contributed by atoms with Crippen LogP contribution in [0.25, 0.3) is 11.7 Å². The summed E-state index contributed by atoms with van der Waals surface area (Å²) in [5, 5.41) is 0. The standard InChI is InChI=1S/C27H28N4O2S2/c1-17-13-18(2)16-29(15-17)24-21(25(32)30-12-8-7-11-23(30)28-24)14-22-26(33)31(27(34)35-22)19(3)20-9-5-4-6-10-20/h4-12,14,17-19H,13,15-16H2,1-3H3/b22-14-/t17-,18-,19-/m1/s1. The van der Waals surface area contributed by atoms with Crippen LogP contribution in [0, 0.1) is 11.8 Å². The van der Waals surface area contributed by atoms with Gasteiger partial charge in [0, 0.05) is 19.3 Å². The molecule has 0 aliphatic carbocycles. The second kappa shape index (κ2) is 9.59. The summed E-state index contributed by atoms with van der Waals surface area (Å²) < 4.78 is 2.03. The smallest absolute Gasteiger partial charge is 0.267 e. The first-order chi connectivity index (χ1) is 16.8. The molecule has 0 N–H and O–H groups in total. The fraction of sp³-hybridized carbons (Fsp3) is 0.333. The van der Waals surface area contributed by atoms with Crippen molar-refractivity contribution in [2.45, 2.75) is 33.2 Å². The zero-order chi connectivity index (χ0) is 24.7. The Kier molecular flexibility index (Phi) is 6.51. The van der Waals surface area contributed by atoms with Gasteiger partial charge in [-0.25, -0.2) is 4.98 Å². The molecule has 2 aromatic heterocycles. The number of nitrogens with zero attached hydrogens (tertiary/aromatic N) is 4. The number of pyridine rings is 1. The minimum Gasteiger partial charge on any atom is -0.355 e. The summed E-state index contributed by atoms with van der Waals surface area (Å²) in [7, 11) is 0. The Labute approximate surface area is 214 Å². The number of hydrogen-bond donors (Lipinski definition) is 0. The van der Waals surface area contributed by atoms with Gasteiger partial charge in [-0.2, -0.15) is 0 Å². The van der Waals surface area contributed by atoms with Crippen LogP contribution in [0.5, 0.6) is 0 Å². The van der Waals surface area contributed by atoms with Crippen LogP contribution >= 0.6 is 24.0 Å². The van der Waals surface area contributed by atoms with Crippen LogP contribution in [0.4, 0.5) is 5.82 Å². The third-order valence-electron chi connectivity index (χ3n) is 6.69. The lowest BCUT2D eigenvalue weighted by atomic mass is 9.91. The van der Waals surface area contributed by atoms with Gasteiger partial charge in [0.1, 0.15) is 15.8 Å². The lowest BCUT2D eigenvalue weighted by Gasteiger charge is -2.36. The molecule has 4 heterocycles. The van der Waals surface area contributed by atoms with Gasteiger partial charge in [0.15, 0.2) is 0 Å². The summed E-state index contributed by atoms with van der Waals surface area (Å²) in [5.74, 6) is 1.45. The quantitative estimate of drug-likeness (QED) is 0.362. The van der Waals surface area contributed by atoms with E-state index in [-0.39, 0.29) is 17.5 Å². The van der Waals surface area contributed by atoms with E-state index in [9.17, 15) is 9.59 Å². The lowest BCUT2D eigenvalue weighted by molar-refractivity contribution is -0.123. The van der Waals surface area contributed by atoms with E-state index in [1.165, 1.54) is 11.8 Å². The number of piperidine rings is 1. The maximum Gasteiger partial charge on any atom is 0.267 e. The molecular formula is C27H28N4O2S2. The Hall–Kier alpha value is -2.97. The van der Waals surface area contributed by atoms with E-state index < -0.39 is 0 Å². The molecule has 0 radical (unpaired) electrons. The Morgan fingerprint density at radius 2 is 1.74 bits per heavy atom. The molecule has 0 spiro atoms. The average Bonchev–Trinajstić information content (AvgIpc) is 3.12. The first-order valence-corrected chi connectivity index (χ1v) is 13.1. The molecule has 2 saturated heterocycles. The van der Waals surface area contributed by atoms with Gasteiger partial charge in [0.25, 0.3) is 11.5 Å². The fourth-order valence-electron chi connectivity index (χ4n) is 5.12. The summed E-state index contributed by atoms with van der Waals surface area (Å²) in [6.45, 7) is 8.08. The second-order valence-electron chi connectivity index (χ2n) is 9.57. The van der Waals surface area contributed by atoms with Crippen molar-refractivity contribution >= 4 is 51.7 Å². The van der Waals surface area contributed by atoms with Gasteiger partial charge < -0.3 is 4.90 Å². The molecule has 2 aliphatic rings. The maximum atomic E-state index is 13.7. The number of rotatable bonds is 4. The van der Waals surface area contributed by atoms with Gasteiger partial charge in [0.2, 0.25) is 0 Å². The second-order valence-corrected chi connectivity index (χ2v) is 11.2. The Morgan fingerprint density at radius 1 is 1.06 bits per heavy atom. The summed E-state index contributed by atoms with van der Waals surface area (Å²) in [6.07, 6.45) is 4.56. The van der Waals surface area contributed by atoms with Crippen LogP contribution in [-0.4, -0.2) is 37.6 Å². The highest BCUT2D eigenvalue weighted by atomic mass is 32.2. The number of carbonyl (C=O) groups excluding carboxylic acids is 1. The van der Waals surface area contributed by atoms with Crippen LogP contribution in [-0.2, 0) is 4.79 Å². The summed E-state index contributed by atoms with van der Waals surface area (Å²) in [4.78, 5) is 36.3. The van der Waals surface area contributed by atoms with Crippen molar-refractivity contribution in [3.8, 4) is 0 Å². The predicted molar refractivity (Wildman–Crippen MR) is 146 cm³/mol. The van der Waals surface area contributed by atoms with Gasteiger partial charge >= 0.3 is 0 Å². The Morgan fingerprint density at radius 3 is 2.46 bits per heavy atom. The molecule has 180 valence electrons. The van der Waals surface area contributed by atoms with Crippen molar-refractivity contribution in [1.29, 1.82) is 0 Å². The molecule has 8 heteroatoms. The number of aromatic nitrogens is 2. The number of carbonyl (C=O) groups is 1. The Bertz CT molecular complexity index is 1370. The lowest BCUT2D eigenvalue weighted by Crippen LogP contribution is -2.40. The monoisotopic (exact) mass is 504 g/mol. The molecule has 1 amide bonds. The maximum absolute atomic E-state index is 13.7. The van der Waals surface area contributed by atoms with E-state index in [1.807, 2.05) is 55.5 Å². The number of thiocarbonyl (C=S) groups is 1. The van der Waals surface area contributed by atoms with E-state index >= 15 is 0 Å². The predicted octanol–water partition coefficient (Wildman–Crippen LogP) is 5.14. The highest BCUT2D eigenvalue weighted by Gasteiger charge is 2.37. The summed E-state index contributed by atoms with van der Waals surface area (Å²) >= 11 is 6.85. The molecule has 0 bridgehead atoms. The van der Waals surface area contributed by atoms with Gasteiger partial charge in [-0.15, -0.1) is 0 Å². The van der Waals surface area contributed by atoms with E-state index in [0.717, 1.165) is 25.1 Å². The number of hydrogen-bond acceptors (Lipinski definition) is 6. The van der Waals surface area contributed by atoms with Crippen molar-refractivity contribution in [2.75, 3.05) is 18.0 Å². The van der Waals surface area contributed by atoms with E-state index in [1.54, 1.807) is 21.6 Å². The summed E-state index contributed by atoms with van der Waals surface area (Å²) in [6, 6.07) is 15.2. The number of thioether (sulfide) groups is 1. The molecule has 6 nitrogen and oxygen atoms in total. The molecule has 2 fully saturated rings. The molecule has 0 saturated carbocycles. The molecular weight excluding hydrogens is 476 g/mol. The molecule has 3 atom stereocenters. The minimum atomic E-state index is -0.200. The van der Waals surface area contributed by atoms with Gasteiger partial charge in [-0.3, -0.25) is 18.9 Å². The van der Waals surface area contributed by atoms with Crippen molar-refractivity contribution in [3.63, 3.8) is 0 Å². The van der Waals surface area contributed by atoms with Crippen LogP contribution in [0.1, 0.15) is 44.4 Å². The number of benzene rings is 1. The molecule has 1 aromatic carbocycles. The molecule has 5 rings (SSSR count). The third kappa shape index (κ3) is 4.52. The number of anilines is 1. The van der Waals surface area contributed by atoms with Crippen LogP contribution in [0.15, 0.2) is 64.4 Å². The number of amides is 1. The highest BCUT2D eigenvalue weighted by Crippen LogP contribution is 2.38.